The van der Waals surface area contributed by atoms with E-state index in [1.807, 2.05) is 0 Å². The van der Waals surface area contributed by atoms with E-state index in [1.54, 1.807) is 37.3 Å². The number of hydrogen-bond acceptors (Lipinski definition) is 6. The lowest BCUT2D eigenvalue weighted by atomic mass is 9.74. The second-order valence-electron chi connectivity index (χ2n) is 6.29. The quantitative estimate of drug-likeness (QED) is 0.594. The highest BCUT2D eigenvalue weighted by Gasteiger charge is 2.44. The number of nitrogens with one attached hydrogen (secondary N) is 1. The number of aliphatic carboxylic acids is 1. The lowest BCUT2D eigenvalue weighted by Crippen LogP contribution is -2.61. The predicted octanol–water partition coefficient (Wildman–Crippen LogP) is 0.855. The molecule has 3 fully saturated rings. The number of fused-ring (bicyclic) bond motifs is 3. The van der Waals surface area contributed by atoms with Crippen LogP contribution in [0.2, 0.25) is 0 Å². The van der Waals surface area contributed by atoms with E-state index in [2.05, 4.69) is 5.32 Å². The van der Waals surface area contributed by atoms with E-state index in [-0.39, 0.29) is 24.0 Å². The van der Waals surface area contributed by atoms with Gasteiger partial charge in [0.2, 0.25) is 0 Å². The van der Waals surface area contributed by atoms with Crippen LogP contribution in [0.3, 0.4) is 0 Å². The molecule has 2 saturated heterocycles. The highest BCUT2D eigenvalue weighted by Crippen LogP contribution is 2.33. The van der Waals surface area contributed by atoms with E-state index < -0.39 is 12.1 Å². The van der Waals surface area contributed by atoms with Gasteiger partial charge in [-0.3, -0.25) is 4.79 Å². The summed E-state index contributed by atoms with van der Waals surface area (Å²) in [5.74, 6) is -1.38. The molecular weight excluding hydrogens is 326 g/mol. The number of aliphatic hydroxyl groups excluding tert-OH is 2. The van der Waals surface area contributed by atoms with Crippen molar-refractivity contribution in [2.45, 2.75) is 50.5 Å². The van der Waals surface area contributed by atoms with Gasteiger partial charge >= 0.3 is 11.9 Å². The van der Waals surface area contributed by atoms with Crippen molar-refractivity contribution in [3.05, 3.63) is 35.9 Å². The molecule has 2 aliphatic heterocycles. The lowest BCUT2D eigenvalue weighted by molar-refractivity contribution is -0.153. The van der Waals surface area contributed by atoms with Crippen molar-refractivity contribution in [3.8, 4) is 0 Å². The molecule has 25 heavy (non-hydrogen) atoms. The Morgan fingerprint density at radius 1 is 1.28 bits per heavy atom. The van der Waals surface area contributed by atoms with E-state index in [1.165, 1.54) is 0 Å². The third-order valence-electron chi connectivity index (χ3n) is 4.60. The first-order chi connectivity index (χ1) is 11.9. The zero-order valence-corrected chi connectivity index (χ0v) is 14.2. The Morgan fingerprint density at radius 3 is 2.48 bits per heavy atom. The van der Waals surface area contributed by atoms with E-state index in [4.69, 9.17) is 14.9 Å². The Balaban J connectivity index is 0.000000186. The molecule has 4 N–H and O–H groups in total. The van der Waals surface area contributed by atoms with Crippen LogP contribution in [0.15, 0.2) is 30.3 Å². The van der Waals surface area contributed by atoms with Crippen LogP contribution < -0.4 is 5.32 Å². The number of esters is 1. The molecule has 7 nitrogen and oxygen atoms in total. The minimum atomic E-state index is -1.41. The zero-order valence-electron chi connectivity index (χ0n) is 14.2. The van der Waals surface area contributed by atoms with Gasteiger partial charge in [-0.15, -0.1) is 0 Å². The number of rotatable bonds is 4. The number of carboxylic acid groups (broad SMARTS) is 1. The van der Waals surface area contributed by atoms with Crippen molar-refractivity contribution in [3.63, 3.8) is 0 Å². The van der Waals surface area contributed by atoms with Crippen LogP contribution in [0, 0.1) is 5.92 Å². The normalized spacial score (nSPS) is 28.4. The van der Waals surface area contributed by atoms with Crippen LogP contribution in [-0.4, -0.2) is 52.1 Å². The first-order valence-electron chi connectivity index (χ1n) is 8.50. The van der Waals surface area contributed by atoms with Crippen LogP contribution >= 0.6 is 0 Å². The Morgan fingerprint density at radius 2 is 1.96 bits per heavy atom. The molecule has 5 atom stereocenters. The highest BCUT2D eigenvalue weighted by atomic mass is 16.5. The topological polar surface area (TPSA) is 116 Å². The maximum atomic E-state index is 11.5. The largest absolute Gasteiger partial charge is 0.479 e. The minimum absolute atomic E-state index is 0.0547. The van der Waals surface area contributed by atoms with Crippen molar-refractivity contribution in [1.29, 1.82) is 0 Å². The van der Waals surface area contributed by atoms with E-state index in [9.17, 15) is 14.7 Å². The van der Waals surface area contributed by atoms with Gasteiger partial charge < -0.3 is 25.4 Å². The molecule has 7 heteroatoms. The van der Waals surface area contributed by atoms with Gasteiger partial charge in [0.25, 0.3) is 0 Å². The van der Waals surface area contributed by atoms with Gasteiger partial charge in [-0.1, -0.05) is 30.3 Å². The van der Waals surface area contributed by atoms with Gasteiger partial charge in [-0.25, -0.2) is 4.79 Å². The summed E-state index contributed by atoms with van der Waals surface area (Å²) in [7, 11) is 0. The molecule has 0 spiro atoms. The Kier molecular flexibility index (Phi) is 6.92. The monoisotopic (exact) mass is 351 g/mol. The minimum Gasteiger partial charge on any atom is -0.479 e. The lowest BCUT2D eigenvalue weighted by Gasteiger charge is -2.45. The number of aliphatic hydroxyl groups is 2. The maximum absolute atomic E-state index is 11.5. The Bertz CT molecular complexity index is 578. The van der Waals surface area contributed by atoms with Gasteiger partial charge in [-0.05, 0) is 31.7 Å². The average Bonchev–Trinajstić information content (AvgIpc) is 2.62. The fourth-order valence-electron chi connectivity index (χ4n) is 3.34. The van der Waals surface area contributed by atoms with Crippen LogP contribution in [0.4, 0.5) is 0 Å². The summed E-state index contributed by atoms with van der Waals surface area (Å²) in [5, 5.41) is 30.4. The Hall–Kier alpha value is -1.96. The molecule has 0 unspecified atom stereocenters. The smallest absolute Gasteiger partial charge is 0.337 e. The van der Waals surface area contributed by atoms with E-state index in [0.717, 1.165) is 19.3 Å². The molecular formula is C18H25NO6. The number of hydrogen-bond donors (Lipinski definition) is 4. The summed E-state index contributed by atoms with van der Waals surface area (Å²) in [5.41, 5.74) is 0.403. The van der Waals surface area contributed by atoms with Gasteiger partial charge in [0.05, 0.1) is 12.7 Å². The van der Waals surface area contributed by atoms with Crippen molar-refractivity contribution in [2.24, 2.45) is 5.92 Å². The number of benzene rings is 1. The molecule has 138 valence electrons. The standard InChI is InChI=1S/C10H17NO3.C8H8O3/c1-2-14-10(13)9-7-4-3-6(11-9)5-8(7)12;9-7(8(10)11)6-4-2-1-3-5-6/h6-9,11-12H,2-5H2,1H3;1-5,7,9H,(H,10,11)/t6-,7+,8+,9-;7-/m00/s1. The second-order valence-corrected chi connectivity index (χ2v) is 6.29. The first kappa shape index (κ1) is 19.4. The molecule has 0 amide bonds. The predicted molar refractivity (Wildman–Crippen MR) is 89.7 cm³/mol. The first-order valence-corrected chi connectivity index (χ1v) is 8.50. The van der Waals surface area contributed by atoms with Gasteiger partial charge in [0, 0.05) is 12.0 Å². The summed E-state index contributed by atoms with van der Waals surface area (Å²) >= 11 is 0. The molecule has 1 aromatic rings. The van der Waals surface area contributed by atoms with Gasteiger partial charge in [0.15, 0.2) is 6.10 Å². The molecule has 0 aromatic heterocycles. The van der Waals surface area contributed by atoms with Crippen molar-refractivity contribution >= 4 is 11.9 Å². The van der Waals surface area contributed by atoms with Crippen molar-refractivity contribution < 1.29 is 29.6 Å². The number of piperidine rings is 2. The molecule has 0 radical (unpaired) electrons. The molecule has 3 aliphatic rings. The highest BCUT2D eigenvalue weighted by molar-refractivity contribution is 5.76. The van der Waals surface area contributed by atoms with Crippen LogP contribution in [0.5, 0.6) is 0 Å². The van der Waals surface area contributed by atoms with Gasteiger partial charge in [0.1, 0.15) is 6.04 Å². The fraction of sp³-hybridized carbons (Fsp3) is 0.556. The van der Waals surface area contributed by atoms with Crippen molar-refractivity contribution in [2.75, 3.05) is 6.61 Å². The molecule has 2 bridgehead atoms. The zero-order chi connectivity index (χ0) is 18.4. The molecule has 2 heterocycles. The molecule has 1 saturated carbocycles. The van der Waals surface area contributed by atoms with Crippen LogP contribution in [0.25, 0.3) is 0 Å². The van der Waals surface area contributed by atoms with E-state index in [0.29, 0.717) is 18.2 Å². The fourth-order valence-corrected chi connectivity index (χ4v) is 3.34. The van der Waals surface area contributed by atoms with Crippen LogP contribution in [0.1, 0.15) is 37.9 Å². The third-order valence-corrected chi connectivity index (χ3v) is 4.60. The molecule has 1 aromatic carbocycles. The summed E-state index contributed by atoms with van der Waals surface area (Å²) in [6.45, 7) is 2.21. The number of carbonyl (C=O) groups is 2. The summed E-state index contributed by atoms with van der Waals surface area (Å²) in [4.78, 5) is 21.8. The van der Waals surface area contributed by atoms with Gasteiger partial charge in [-0.2, -0.15) is 0 Å². The third kappa shape index (κ3) is 5.01. The molecule has 1 aliphatic carbocycles. The summed E-state index contributed by atoms with van der Waals surface area (Å²) in [6.07, 6.45) is 1.04. The maximum Gasteiger partial charge on any atom is 0.337 e. The summed E-state index contributed by atoms with van der Waals surface area (Å²) < 4.78 is 4.97. The van der Waals surface area contributed by atoms with Crippen molar-refractivity contribution in [1.82, 2.24) is 5.32 Å². The summed E-state index contributed by atoms with van der Waals surface area (Å²) in [6, 6.07) is 8.28. The molecule has 4 rings (SSSR count). The number of ether oxygens (including phenoxy) is 1. The SMILES string of the molecule is CCOC(=O)[C@H]1N[C@H]2CC[C@@H]1[C@H](O)C2.O=C(O)[C@@H](O)c1ccccc1. The van der Waals surface area contributed by atoms with E-state index >= 15 is 0 Å². The Labute approximate surface area is 146 Å². The average molecular weight is 351 g/mol. The van der Waals surface area contributed by atoms with Crippen LogP contribution in [-0.2, 0) is 14.3 Å². The second kappa shape index (κ2) is 8.94. The number of carboxylic acids is 1. The number of carbonyl (C=O) groups excluding carboxylic acids is 1.